The molecule has 0 saturated carbocycles. The van der Waals surface area contributed by atoms with Gasteiger partial charge in [0.15, 0.2) is 0 Å². The summed E-state index contributed by atoms with van der Waals surface area (Å²) in [4.78, 5) is 8.82. The van der Waals surface area contributed by atoms with E-state index in [0.29, 0.717) is 0 Å². The maximum Gasteiger partial charge on any atom is 0.140 e. The number of benzene rings is 1. The van der Waals surface area contributed by atoms with Gasteiger partial charge in [-0.25, -0.2) is 9.67 Å². The molecule has 4 rings (SSSR count). The maximum atomic E-state index is 4.69. The van der Waals surface area contributed by atoms with Crippen LogP contribution in [0.3, 0.4) is 0 Å². The van der Waals surface area contributed by atoms with Gasteiger partial charge in [-0.15, -0.1) is 0 Å². The highest BCUT2D eigenvalue weighted by atomic mass is 32.1. The van der Waals surface area contributed by atoms with E-state index in [0.717, 1.165) is 32.5 Å². The Morgan fingerprint density at radius 1 is 0.957 bits per heavy atom. The molecule has 112 valence electrons. The third-order valence-corrected chi connectivity index (χ3v) is 4.74. The molecule has 0 aliphatic heterocycles. The van der Waals surface area contributed by atoms with E-state index in [1.807, 2.05) is 60.4 Å². The normalized spacial score (nSPS) is 10.8. The fourth-order valence-corrected chi connectivity index (χ4v) is 3.41. The van der Waals surface area contributed by atoms with E-state index in [4.69, 9.17) is 5.10 Å². The van der Waals surface area contributed by atoms with E-state index >= 15 is 0 Å². The Morgan fingerprint density at radius 2 is 1.78 bits per heavy atom. The van der Waals surface area contributed by atoms with Crippen LogP contribution in [0, 0.1) is 6.92 Å². The van der Waals surface area contributed by atoms with Crippen LogP contribution in [0.5, 0.6) is 0 Å². The van der Waals surface area contributed by atoms with E-state index in [1.54, 1.807) is 17.5 Å². The van der Waals surface area contributed by atoms with Crippen LogP contribution in [-0.4, -0.2) is 19.7 Å². The number of hydrogen-bond donors (Lipinski definition) is 0. The minimum absolute atomic E-state index is 0.960. The summed E-state index contributed by atoms with van der Waals surface area (Å²) in [6, 6.07) is 16.1. The molecule has 3 heterocycles. The van der Waals surface area contributed by atoms with Crippen molar-refractivity contribution in [3.63, 3.8) is 0 Å². The molecule has 0 saturated heterocycles. The summed E-state index contributed by atoms with van der Waals surface area (Å²) in [7, 11) is 0. The topological polar surface area (TPSA) is 43.6 Å². The molecule has 5 heteroatoms. The predicted octanol–water partition coefficient (Wildman–Crippen LogP) is 4.37. The van der Waals surface area contributed by atoms with Gasteiger partial charge in [0.1, 0.15) is 10.0 Å². The number of nitrogens with zero attached hydrogens (tertiary/aromatic N) is 4. The number of thiazole rings is 1. The molecule has 0 unspecified atom stereocenters. The van der Waals surface area contributed by atoms with Gasteiger partial charge in [0.25, 0.3) is 0 Å². The SMILES string of the molecule is Cc1nc(-c2cccnc2)sc1-n1ccc(-c2ccccc2)n1. The lowest BCUT2D eigenvalue weighted by molar-refractivity contribution is 0.889. The Hall–Kier alpha value is -2.79. The smallest absolute Gasteiger partial charge is 0.140 e. The fraction of sp³-hybridized carbons (Fsp3) is 0.0556. The summed E-state index contributed by atoms with van der Waals surface area (Å²) < 4.78 is 1.90. The molecule has 0 atom stereocenters. The van der Waals surface area contributed by atoms with Crippen LogP contribution in [0.2, 0.25) is 0 Å². The van der Waals surface area contributed by atoms with E-state index in [-0.39, 0.29) is 0 Å². The first kappa shape index (κ1) is 13.8. The molecule has 0 fully saturated rings. The van der Waals surface area contributed by atoms with Gasteiger partial charge in [0.2, 0.25) is 0 Å². The number of aromatic nitrogens is 4. The number of pyridine rings is 1. The van der Waals surface area contributed by atoms with Crippen molar-refractivity contribution in [2.75, 3.05) is 0 Å². The maximum absolute atomic E-state index is 4.69. The minimum Gasteiger partial charge on any atom is -0.264 e. The first-order valence-corrected chi connectivity index (χ1v) is 8.12. The van der Waals surface area contributed by atoms with E-state index in [2.05, 4.69) is 22.1 Å². The van der Waals surface area contributed by atoms with E-state index < -0.39 is 0 Å². The van der Waals surface area contributed by atoms with Gasteiger partial charge < -0.3 is 0 Å². The molecular weight excluding hydrogens is 304 g/mol. The lowest BCUT2D eigenvalue weighted by atomic mass is 10.2. The molecular formula is C18H14N4S. The first-order chi connectivity index (χ1) is 11.3. The fourth-order valence-electron chi connectivity index (χ4n) is 2.41. The van der Waals surface area contributed by atoms with Gasteiger partial charge in [-0.3, -0.25) is 4.98 Å². The highest BCUT2D eigenvalue weighted by Gasteiger charge is 2.12. The average molecular weight is 318 g/mol. The van der Waals surface area contributed by atoms with Crippen LogP contribution in [-0.2, 0) is 0 Å². The van der Waals surface area contributed by atoms with Gasteiger partial charge in [0, 0.05) is 29.7 Å². The molecule has 0 amide bonds. The standard InChI is InChI=1S/C18H14N4S/c1-13-18(23-17(20-13)15-8-5-10-19-12-15)22-11-9-16(21-22)14-6-3-2-4-7-14/h2-12H,1H3. The zero-order valence-corrected chi connectivity index (χ0v) is 13.4. The van der Waals surface area contributed by atoms with Crippen molar-refractivity contribution in [1.29, 1.82) is 0 Å². The second kappa shape index (κ2) is 5.78. The highest BCUT2D eigenvalue weighted by Crippen LogP contribution is 2.30. The molecule has 23 heavy (non-hydrogen) atoms. The molecule has 4 aromatic rings. The van der Waals surface area contributed by atoms with Crippen LogP contribution >= 0.6 is 11.3 Å². The van der Waals surface area contributed by atoms with Crippen molar-refractivity contribution in [1.82, 2.24) is 19.7 Å². The van der Waals surface area contributed by atoms with E-state index in [9.17, 15) is 0 Å². The molecule has 4 nitrogen and oxygen atoms in total. The summed E-state index contributed by atoms with van der Waals surface area (Å²) >= 11 is 1.62. The molecule has 0 bridgehead atoms. The van der Waals surface area contributed by atoms with Crippen molar-refractivity contribution in [3.8, 4) is 26.8 Å². The average Bonchev–Trinajstić information content (AvgIpc) is 3.23. The molecule has 3 aromatic heterocycles. The van der Waals surface area contributed by atoms with Crippen LogP contribution in [0.1, 0.15) is 5.69 Å². The monoisotopic (exact) mass is 318 g/mol. The summed E-state index contributed by atoms with van der Waals surface area (Å²) in [5, 5.41) is 6.68. The third kappa shape index (κ3) is 2.66. The third-order valence-electron chi connectivity index (χ3n) is 3.55. The van der Waals surface area contributed by atoms with Gasteiger partial charge >= 0.3 is 0 Å². The van der Waals surface area contributed by atoms with Crippen molar-refractivity contribution in [2.45, 2.75) is 6.92 Å². The zero-order valence-electron chi connectivity index (χ0n) is 12.5. The van der Waals surface area contributed by atoms with Crippen LogP contribution in [0.25, 0.3) is 26.8 Å². The quantitative estimate of drug-likeness (QED) is 0.563. The van der Waals surface area contributed by atoms with Gasteiger partial charge in [0.05, 0.1) is 11.4 Å². The van der Waals surface area contributed by atoms with Crippen LogP contribution in [0.4, 0.5) is 0 Å². The van der Waals surface area contributed by atoms with Gasteiger partial charge in [-0.05, 0) is 25.1 Å². The second-order valence-corrected chi connectivity index (χ2v) is 6.14. The summed E-state index contributed by atoms with van der Waals surface area (Å²) in [5.74, 6) is 0. The zero-order chi connectivity index (χ0) is 15.6. The number of rotatable bonds is 3. The molecule has 0 aliphatic rings. The lowest BCUT2D eigenvalue weighted by Gasteiger charge is -1.98. The molecule has 0 radical (unpaired) electrons. The predicted molar refractivity (Wildman–Crippen MR) is 92.6 cm³/mol. The highest BCUT2D eigenvalue weighted by molar-refractivity contribution is 7.17. The number of hydrogen-bond acceptors (Lipinski definition) is 4. The summed E-state index contributed by atoms with van der Waals surface area (Å²) in [6.45, 7) is 2.01. The Kier molecular flexibility index (Phi) is 3.48. The minimum atomic E-state index is 0.960. The van der Waals surface area contributed by atoms with Crippen molar-refractivity contribution in [2.24, 2.45) is 0 Å². The summed E-state index contributed by atoms with van der Waals surface area (Å²) in [5.41, 5.74) is 4.07. The largest absolute Gasteiger partial charge is 0.264 e. The first-order valence-electron chi connectivity index (χ1n) is 7.30. The summed E-state index contributed by atoms with van der Waals surface area (Å²) in [6.07, 6.45) is 5.58. The molecule has 1 aromatic carbocycles. The Morgan fingerprint density at radius 3 is 2.57 bits per heavy atom. The molecule has 0 N–H and O–H groups in total. The van der Waals surface area contributed by atoms with Crippen LogP contribution in [0.15, 0.2) is 67.1 Å². The Balaban J connectivity index is 1.72. The van der Waals surface area contributed by atoms with E-state index in [1.165, 1.54) is 0 Å². The Labute approximate surface area is 138 Å². The van der Waals surface area contributed by atoms with Crippen molar-refractivity contribution in [3.05, 3.63) is 72.8 Å². The second-order valence-electron chi connectivity index (χ2n) is 5.16. The number of aryl methyl sites for hydroxylation is 1. The van der Waals surface area contributed by atoms with Crippen molar-refractivity contribution >= 4 is 11.3 Å². The Bertz CT molecular complexity index is 926. The lowest BCUT2D eigenvalue weighted by Crippen LogP contribution is -1.94. The van der Waals surface area contributed by atoms with Gasteiger partial charge in [-0.2, -0.15) is 5.10 Å². The molecule has 0 aliphatic carbocycles. The van der Waals surface area contributed by atoms with Crippen LogP contribution < -0.4 is 0 Å². The van der Waals surface area contributed by atoms with Gasteiger partial charge in [-0.1, -0.05) is 41.7 Å². The van der Waals surface area contributed by atoms with Crippen molar-refractivity contribution < 1.29 is 0 Å². The molecule has 0 spiro atoms.